The van der Waals surface area contributed by atoms with E-state index in [4.69, 9.17) is 0 Å². The molecule has 1 saturated heterocycles. The summed E-state index contributed by atoms with van der Waals surface area (Å²) in [7, 11) is 0. The Morgan fingerprint density at radius 2 is 1.97 bits per heavy atom. The Morgan fingerprint density at radius 3 is 2.74 bits per heavy atom. The lowest BCUT2D eigenvalue weighted by molar-refractivity contribution is 0.0615. The number of H-pyrrole nitrogens is 1. The first-order valence-electron chi connectivity index (χ1n) is 11.3. The lowest BCUT2D eigenvalue weighted by Gasteiger charge is -2.36. The second-order valence-corrected chi connectivity index (χ2v) is 8.54. The van der Waals surface area contributed by atoms with Gasteiger partial charge >= 0.3 is 0 Å². The normalized spacial score (nSPS) is 15.3. The van der Waals surface area contributed by atoms with Gasteiger partial charge in [-0.2, -0.15) is 5.26 Å². The highest BCUT2D eigenvalue weighted by molar-refractivity contribution is 5.94. The molecular weight excluding hydrogens is 452 g/mol. The summed E-state index contributed by atoms with van der Waals surface area (Å²) in [6.07, 6.45) is 7.63. The minimum Gasteiger partial charge on any atom is -0.348 e. The van der Waals surface area contributed by atoms with Crippen molar-refractivity contribution >= 4 is 16.9 Å². The average Bonchev–Trinajstić information content (AvgIpc) is 3.54. The Kier molecular flexibility index (Phi) is 6.25. The van der Waals surface area contributed by atoms with Crippen LogP contribution >= 0.6 is 0 Å². The molecule has 1 unspecified atom stereocenters. The fraction of sp³-hybridized carbons (Fsp3) is 0.280. The largest absolute Gasteiger partial charge is 0.348 e. The molecule has 1 fully saturated rings. The lowest BCUT2D eigenvalue weighted by Crippen LogP contribution is -2.50. The average molecular weight is 476 g/mol. The number of benzene rings is 1. The molecule has 0 saturated carbocycles. The van der Waals surface area contributed by atoms with Crippen LogP contribution in [0.5, 0.6) is 0 Å². The number of nitrogens with zero attached hydrogens (tertiary/aromatic N) is 6. The molecule has 5 rings (SSSR count). The highest BCUT2D eigenvalue weighted by Gasteiger charge is 2.26. The van der Waals surface area contributed by atoms with E-state index in [1.807, 2.05) is 35.3 Å². The topological polar surface area (TPSA) is 93.8 Å². The quantitative estimate of drug-likeness (QED) is 0.460. The number of aromatic amines is 1. The predicted molar refractivity (Wildman–Crippen MR) is 125 cm³/mol. The molecule has 178 valence electrons. The number of carbonyl (C=O) groups excluding carboxylic acids is 1. The molecule has 1 aromatic carbocycles. The molecule has 8 nitrogen and oxygen atoms in total. The molecule has 1 amide bonds. The van der Waals surface area contributed by atoms with Crippen LogP contribution in [0, 0.1) is 23.0 Å². The van der Waals surface area contributed by atoms with Crippen molar-refractivity contribution in [1.82, 2.24) is 29.3 Å². The van der Waals surface area contributed by atoms with E-state index in [2.05, 4.69) is 25.9 Å². The molecule has 1 atom stereocenters. The van der Waals surface area contributed by atoms with Gasteiger partial charge in [-0.05, 0) is 24.3 Å². The molecule has 0 radical (unpaired) electrons. The molecular formula is C25H23F2N7O. The van der Waals surface area contributed by atoms with Crippen LogP contribution in [0.1, 0.15) is 22.8 Å². The van der Waals surface area contributed by atoms with Crippen molar-refractivity contribution in [2.24, 2.45) is 0 Å². The van der Waals surface area contributed by atoms with Gasteiger partial charge in [0, 0.05) is 68.3 Å². The SMILES string of the molecule is N#CCC(CN1CCN(C(=O)c2ccc(F)cc2F)CC1)n1ccc(-c2ncnc3[nH]ccc23)c1. The zero-order chi connectivity index (χ0) is 24.4. The van der Waals surface area contributed by atoms with Crippen LogP contribution < -0.4 is 0 Å². The Balaban J connectivity index is 1.25. The molecule has 10 heteroatoms. The number of carbonyl (C=O) groups is 1. The van der Waals surface area contributed by atoms with E-state index < -0.39 is 17.5 Å². The van der Waals surface area contributed by atoms with Gasteiger partial charge in [0.1, 0.15) is 23.6 Å². The predicted octanol–water partition coefficient (Wildman–Crippen LogP) is 3.62. The van der Waals surface area contributed by atoms with Gasteiger partial charge in [-0.1, -0.05) is 0 Å². The summed E-state index contributed by atoms with van der Waals surface area (Å²) in [4.78, 5) is 28.2. The number of nitriles is 1. The van der Waals surface area contributed by atoms with Crippen molar-refractivity contribution in [1.29, 1.82) is 5.26 Å². The molecule has 1 aliphatic heterocycles. The number of aromatic nitrogens is 4. The van der Waals surface area contributed by atoms with E-state index in [1.54, 1.807) is 4.90 Å². The number of hydrogen-bond donors (Lipinski definition) is 1. The van der Waals surface area contributed by atoms with E-state index in [1.165, 1.54) is 12.4 Å². The van der Waals surface area contributed by atoms with Crippen LogP contribution in [-0.4, -0.2) is 67.9 Å². The molecule has 4 aromatic rings. The number of halogens is 2. The van der Waals surface area contributed by atoms with Crippen LogP contribution in [0.3, 0.4) is 0 Å². The molecule has 1 aliphatic rings. The molecule has 3 aromatic heterocycles. The van der Waals surface area contributed by atoms with Gasteiger partial charge in [-0.3, -0.25) is 9.69 Å². The Bertz CT molecular complexity index is 1400. The van der Waals surface area contributed by atoms with Crippen molar-refractivity contribution in [3.8, 4) is 17.3 Å². The molecule has 0 aliphatic carbocycles. The maximum absolute atomic E-state index is 14.0. The van der Waals surface area contributed by atoms with E-state index >= 15 is 0 Å². The van der Waals surface area contributed by atoms with Gasteiger partial charge in [-0.25, -0.2) is 18.7 Å². The second-order valence-electron chi connectivity index (χ2n) is 8.54. The van der Waals surface area contributed by atoms with Crippen LogP contribution in [-0.2, 0) is 0 Å². The molecule has 4 heterocycles. The highest BCUT2D eigenvalue weighted by Crippen LogP contribution is 2.27. The third-order valence-corrected chi connectivity index (χ3v) is 6.38. The number of fused-ring (bicyclic) bond motifs is 1. The van der Waals surface area contributed by atoms with Crippen LogP contribution in [0.25, 0.3) is 22.3 Å². The second kappa shape index (κ2) is 9.64. The van der Waals surface area contributed by atoms with E-state index in [0.29, 0.717) is 39.1 Å². The van der Waals surface area contributed by atoms with Crippen molar-refractivity contribution in [2.45, 2.75) is 12.5 Å². The number of hydrogen-bond acceptors (Lipinski definition) is 5. The van der Waals surface area contributed by atoms with Gasteiger partial charge in [0.15, 0.2) is 0 Å². The first-order chi connectivity index (χ1) is 17.0. The maximum atomic E-state index is 14.0. The lowest BCUT2D eigenvalue weighted by atomic mass is 10.1. The fourth-order valence-corrected chi connectivity index (χ4v) is 4.52. The maximum Gasteiger partial charge on any atom is 0.256 e. The molecule has 0 bridgehead atoms. The van der Waals surface area contributed by atoms with Crippen molar-refractivity contribution in [3.63, 3.8) is 0 Å². The summed E-state index contributed by atoms with van der Waals surface area (Å²) in [6, 6.07) is 9.12. The zero-order valence-electron chi connectivity index (χ0n) is 18.9. The Labute approximate surface area is 200 Å². The van der Waals surface area contributed by atoms with E-state index in [9.17, 15) is 18.8 Å². The number of piperazine rings is 1. The van der Waals surface area contributed by atoms with Crippen LogP contribution in [0.2, 0.25) is 0 Å². The summed E-state index contributed by atoms with van der Waals surface area (Å²) in [5.41, 5.74) is 2.41. The summed E-state index contributed by atoms with van der Waals surface area (Å²) in [5, 5.41) is 10.4. The van der Waals surface area contributed by atoms with Crippen LogP contribution in [0.15, 0.2) is 55.2 Å². The fourth-order valence-electron chi connectivity index (χ4n) is 4.52. The third kappa shape index (κ3) is 4.63. The third-order valence-electron chi connectivity index (χ3n) is 6.38. The van der Waals surface area contributed by atoms with Crippen LogP contribution in [0.4, 0.5) is 8.78 Å². The molecule has 0 spiro atoms. The van der Waals surface area contributed by atoms with Crippen molar-refractivity contribution in [3.05, 3.63) is 72.4 Å². The molecule has 1 N–H and O–H groups in total. The number of amides is 1. The summed E-state index contributed by atoms with van der Waals surface area (Å²) in [6.45, 7) is 2.69. The molecule has 35 heavy (non-hydrogen) atoms. The summed E-state index contributed by atoms with van der Waals surface area (Å²) in [5.74, 6) is -2.00. The summed E-state index contributed by atoms with van der Waals surface area (Å²) >= 11 is 0. The van der Waals surface area contributed by atoms with E-state index in [0.717, 1.165) is 34.4 Å². The zero-order valence-corrected chi connectivity index (χ0v) is 18.9. The van der Waals surface area contributed by atoms with Gasteiger partial charge in [0.25, 0.3) is 5.91 Å². The minimum atomic E-state index is -0.851. The first kappa shape index (κ1) is 22.7. The summed E-state index contributed by atoms with van der Waals surface area (Å²) < 4.78 is 29.2. The monoisotopic (exact) mass is 475 g/mol. The van der Waals surface area contributed by atoms with Gasteiger partial charge in [0.2, 0.25) is 0 Å². The Morgan fingerprint density at radius 1 is 1.14 bits per heavy atom. The highest BCUT2D eigenvalue weighted by atomic mass is 19.1. The van der Waals surface area contributed by atoms with Gasteiger partial charge in [0.05, 0.1) is 29.8 Å². The number of nitrogens with one attached hydrogen (secondary N) is 1. The van der Waals surface area contributed by atoms with Gasteiger partial charge in [-0.15, -0.1) is 0 Å². The van der Waals surface area contributed by atoms with Crippen molar-refractivity contribution < 1.29 is 13.6 Å². The first-order valence-corrected chi connectivity index (χ1v) is 11.3. The standard InChI is InChI=1S/C25H23F2N7O/c26-18-1-2-20(22(27)13-18)25(35)33-11-9-32(10-12-33)15-19(3-6-28)34-8-5-17(14-34)23-21-4-7-29-24(21)31-16-30-23/h1-2,4-5,7-8,13-14,16,19H,3,9-12,15H2,(H,29,30,31). The Hall–Kier alpha value is -4.10. The smallest absolute Gasteiger partial charge is 0.256 e. The number of rotatable bonds is 6. The minimum absolute atomic E-state index is 0.0749. The van der Waals surface area contributed by atoms with Crippen molar-refractivity contribution in [2.75, 3.05) is 32.7 Å². The van der Waals surface area contributed by atoms with E-state index in [-0.39, 0.29) is 11.6 Å². The van der Waals surface area contributed by atoms with Gasteiger partial charge < -0.3 is 14.5 Å².